The summed E-state index contributed by atoms with van der Waals surface area (Å²) in [5, 5.41) is 2.99. The molecule has 144 valence electrons. The Labute approximate surface area is 157 Å². The molecule has 5 heteroatoms. The van der Waals surface area contributed by atoms with Crippen LogP contribution in [0.3, 0.4) is 0 Å². The van der Waals surface area contributed by atoms with E-state index in [2.05, 4.69) is 37.2 Å². The summed E-state index contributed by atoms with van der Waals surface area (Å²) < 4.78 is 13.2. The molecule has 0 spiro atoms. The van der Waals surface area contributed by atoms with Gasteiger partial charge in [0.2, 0.25) is 0 Å². The zero-order valence-corrected chi connectivity index (χ0v) is 16.4. The molecule has 1 aromatic carbocycles. The standard InChI is InChI=1S/C21H33FN4/c1-6-9-15-26(14-7-2)17(4)20(21(23)24-8-3)25(5)16-18-10-12-19(22)13-11-18/h8,10-13,24H,3-4,6-7,9,14-16,23H2,1-2,5H3/b21-20+. The van der Waals surface area contributed by atoms with Crippen molar-refractivity contribution in [2.45, 2.75) is 39.7 Å². The number of rotatable bonds is 12. The Morgan fingerprint density at radius 1 is 1.19 bits per heavy atom. The molecule has 0 aliphatic carbocycles. The summed E-state index contributed by atoms with van der Waals surface area (Å²) in [5.41, 5.74) is 9.00. The normalized spacial score (nSPS) is 11.5. The molecule has 0 fully saturated rings. The van der Waals surface area contributed by atoms with E-state index in [0.29, 0.717) is 12.4 Å². The van der Waals surface area contributed by atoms with Crippen LogP contribution in [0.5, 0.6) is 0 Å². The molecular formula is C21H33FN4. The number of hydrogen-bond acceptors (Lipinski definition) is 4. The Balaban J connectivity index is 3.09. The Kier molecular flexibility index (Phi) is 9.34. The van der Waals surface area contributed by atoms with Gasteiger partial charge in [-0.3, -0.25) is 0 Å². The lowest BCUT2D eigenvalue weighted by molar-refractivity contribution is 0.309. The molecule has 1 rings (SSSR count). The van der Waals surface area contributed by atoms with E-state index in [1.165, 1.54) is 12.1 Å². The van der Waals surface area contributed by atoms with Crippen molar-refractivity contribution in [1.29, 1.82) is 0 Å². The van der Waals surface area contributed by atoms with Crippen LogP contribution in [-0.2, 0) is 6.54 Å². The number of nitrogens with zero attached hydrogens (tertiary/aromatic N) is 2. The van der Waals surface area contributed by atoms with Crippen molar-refractivity contribution in [3.05, 3.63) is 72.2 Å². The fraction of sp³-hybridized carbons (Fsp3) is 0.429. The van der Waals surface area contributed by atoms with Crippen LogP contribution in [0.4, 0.5) is 4.39 Å². The largest absolute Gasteiger partial charge is 0.383 e. The summed E-state index contributed by atoms with van der Waals surface area (Å²) in [6.07, 6.45) is 4.82. The smallest absolute Gasteiger partial charge is 0.126 e. The third-order valence-electron chi connectivity index (χ3n) is 4.16. The van der Waals surface area contributed by atoms with E-state index in [0.717, 1.165) is 49.3 Å². The quantitative estimate of drug-likeness (QED) is 0.550. The molecule has 0 bridgehead atoms. The summed E-state index contributed by atoms with van der Waals surface area (Å²) in [4.78, 5) is 4.31. The summed E-state index contributed by atoms with van der Waals surface area (Å²) >= 11 is 0. The van der Waals surface area contributed by atoms with Crippen LogP contribution in [0.25, 0.3) is 0 Å². The molecule has 0 atom stereocenters. The van der Waals surface area contributed by atoms with E-state index in [1.807, 2.05) is 11.9 Å². The second-order valence-electron chi connectivity index (χ2n) is 6.38. The Hall–Kier alpha value is -2.43. The first-order valence-corrected chi connectivity index (χ1v) is 9.21. The van der Waals surface area contributed by atoms with Crippen molar-refractivity contribution in [3.63, 3.8) is 0 Å². The molecular weight excluding hydrogens is 327 g/mol. The molecule has 4 nitrogen and oxygen atoms in total. The van der Waals surface area contributed by atoms with Gasteiger partial charge in [-0.15, -0.1) is 0 Å². The minimum atomic E-state index is -0.238. The zero-order chi connectivity index (χ0) is 19.5. The van der Waals surface area contributed by atoms with Crippen molar-refractivity contribution in [3.8, 4) is 0 Å². The van der Waals surface area contributed by atoms with Crippen LogP contribution in [0.1, 0.15) is 38.7 Å². The molecule has 0 saturated heterocycles. The van der Waals surface area contributed by atoms with Gasteiger partial charge in [-0.05, 0) is 36.7 Å². The first-order chi connectivity index (χ1) is 12.4. The van der Waals surface area contributed by atoms with E-state index >= 15 is 0 Å². The molecule has 0 aliphatic rings. The Morgan fingerprint density at radius 2 is 1.85 bits per heavy atom. The van der Waals surface area contributed by atoms with Gasteiger partial charge in [0.1, 0.15) is 17.3 Å². The summed E-state index contributed by atoms with van der Waals surface area (Å²) in [5.74, 6) is 0.269. The third-order valence-corrected chi connectivity index (χ3v) is 4.16. The van der Waals surface area contributed by atoms with Crippen molar-refractivity contribution in [1.82, 2.24) is 15.1 Å². The predicted octanol–water partition coefficient (Wildman–Crippen LogP) is 4.14. The van der Waals surface area contributed by atoms with Crippen molar-refractivity contribution in [2.24, 2.45) is 5.73 Å². The Morgan fingerprint density at radius 3 is 2.38 bits per heavy atom. The zero-order valence-electron chi connectivity index (χ0n) is 16.4. The predicted molar refractivity (Wildman–Crippen MR) is 108 cm³/mol. The maximum absolute atomic E-state index is 13.2. The number of hydrogen-bond donors (Lipinski definition) is 2. The summed E-state index contributed by atoms with van der Waals surface area (Å²) in [6, 6.07) is 6.50. The molecule has 0 saturated carbocycles. The highest BCUT2D eigenvalue weighted by atomic mass is 19.1. The maximum atomic E-state index is 13.2. The van der Waals surface area contributed by atoms with Crippen LogP contribution in [-0.4, -0.2) is 29.9 Å². The number of nitrogens with two attached hydrogens (primary N) is 1. The number of unbranched alkanes of at least 4 members (excludes halogenated alkanes) is 1. The van der Waals surface area contributed by atoms with Gasteiger partial charge in [-0.25, -0.2) is 4.39 Å². The molecule has 26 heavy (non-hydrogen) atoms. The van der Waals surface area contributed by atoms with E-state index in [9.17, 15) is 4.39 Å². The lowest BCUT2D eigenvalue weighted by Gasteiger charge is -2.33. The molecule has 1 aromatic rings. The van der Waals surface area contributed by atoms with Crippen molar-refractivity contribution in [2.75, 3.05) is 20.1 Å². The first kappa shape index (κ1) is 21.6. The second-order valence-corrected chi connectivity index (χ2v) is 6.38. The topological polar surface area (TPSA) is 44.5 Å². The maximum Gasteiger partial charge on any atom is 0.126 e. The van der Waals surface area contributed by atoms with Crippen LogP contribution in [0.15, 0.2) is 60.8 Å². The third kappa shape index (κ3) is 6.47. The van der Waals surface area contributed by atoms with Gasteiger partial charge >= 0.3 is 0 Å². The van der Waals surface area contributed by atoms with Gasteiger partial charge in [-0.1, -0.05) is 45.6 Å². The van der Waals surface area contributed by atoms with E-state index in [1.54, 1.807) is 18.3 Å². The number of likely N-dealkylation sites (N-methyl/N-ethyl adjacent to an activating group) is 1. The van der Waals surface area contributed by atoms with Gasteiger partial charge in [0.15, 0.2) is 0 Å². The molecule has 0 amide bonds. The van der Waals surface area contributed by atoms with Gasteiger partial charge < -0.3 is 20.9 Å². The molecule has 0 radical (unpaired) electrons. The highest BCUT2D eigenvalue weighted by Gasteiger charge is 2.18. The van der Waals surface area contributed by atoms with Crippen LogP contribution < -0.4 is 11.1 Å². The number of halogens is 1. The van der Waals surface area contributed by atoms with E-state index in [4.69, 9.17) is 5.73 Å². The average Bonchev–Trinajstić information content (AvgIpc) is 2.61. The van der Waals surface area contributed by atoms with Gasteiger partial charge in [0.25, 0.3) is 0 Å². The van der Waals surface area contributed by atoms with E-state index in [-0.39, 0.29) is 5.82 Å². The van der Waals surface area contributed by atoms with Crippen LogP contribution in [0.2, 0.25) is 0 Å². The number of nitrogens with one attached hydrogen (secondary N) is 1. The monoisotopic (exact) mass is 360 g/mol. The van der Waals surface area contributed by atoms with Gasteiger partial charge in [0.05, 0.1) is 5.70 Å². The fourth-order valence-electron chi connectivity index (χ4n) is 2.85. The van der Waals surface area contributed by atoms with Gasteiger partial charge in [-0.2, -0.15) is 0 Å². The fourth-order valence-corrected chi connectivity index (χ4v) is 2.85. The van der Waals surface area contributed by atoms with Crippen molar-refractivity contribution >= 4 is 0 Å². The minimum Gasteiger partial charge on any atom is -0.383 e. The number of benzene rings is 1. The highest BCUT2D eigenvalue weighted by Crippen LogP contribution is 2.21. The van der Waals surface area contributed by atoms with Crippen LogP contribution >= 0.6 is 0 Å². The molecule has 3 N–H and O–H groups in total. The van der Waals surface area contributed by atoms with Crippen molar-refractivity contribution < 1.29 is 4.39 Å². The second kappa shape index (κ2) is 11.2. The lowest BCUT2D eigenvalue weighted by atomic mass is 10.1. The minimum absolute atomic E-state index is 0.238. The lowest BCUT2D eigenvalue weighted by Crippen LogP contribution is -2.34. The summed E-state index contributed by atoms with van der Waals surface area (Å²) in [6.45, 7) is 14.8. The first-order valence-electron chi connectivity index (χ1n) is 9.21. The highest BCUT2D eigenvalue weighted by molar-refractivity contribution is 5.31. The van der Waals surface area contributed by atoms with E-state index < -0.39 is 0 Å². The molecule has 0 heterocycles. The summed E-state index contributed by atoms with van der Waals surface area (Å²) in [7, 11) is 1.96. The SMILES string of the molecule is C=CN/C(N)=C(\C(=C)N(CCC)CCCC)N(C)Cc1ccc(F)cc1. The Bertz CT molecular complexity index is 607. The molecule has 0 aliphatic heterocycles. The molecule has 0 unspecified atom stereocenters. The van der Waals surface area contributed by atoms with Gasteiger partial charge in [0, 0.05) is 26.7 Å². The molecule has 0 aromatic heterocycles. The van der Waals surface area contributed by atoms with Crippen LogP contribution in [0, 0.1) is 5.82 Å². The average molecular weight is 361 g/mol.